The Morgan fingerprint density at radius 1 is 1.47 bits per heavy atom. The van der Waals surface area contributed by atoms with E-state index in [-0.39, 0.29) is 11.6 Å². The molecule has 1 aliphatic heterocycles. The molecule has 3 rings (SSSR count). The minimum Gasteiger partial charge on any atom is -0.315 e. The minimum absolute atomic E-state index is 0.157. The van der Waals surface area contributed by atoms with Crippen molar-refractivity contribution in [2.75, 3.05) is 7.05 Å². The zero-order valence-corrected chi connectivity index (χ0v) is 10.2. The van der Waals surface area contributed by atoms with E-state index in [0.29, 0.717) is 6.54 Å². The molecule has 0 fully saturated rings. The van der Waals surface area contributed by atoms with E-state index in [1.165, 1.54) is 10.9 Å². The van der Waals surface area contributed by atoms with E-state index in [2.05, 4.69) is 30.4 Å². The fourth-order valence-corrected chi connectivity index (χ4v) is 2.84. The summed E-state index contributed by atoms with van der Waals surface area (Å²) in [4.78, 5) is 12.4. The summed E-state index contributed by atoms with van der Waals surface area (Å²) in [6, 6.07) is 8.59. The predicted molar refractivity (Wildman–Crippen MR) is 69.4 cm³/mol. The van der Waals surface area contributed by atoms with E-state index < -0.39 is 0 Å². The van der Waals surface area contributed by atoms with Crippen LogP contribution in [0.5, 0.6) is 0 Å². The van der Waals surface area contributed by atoms with Gasteiger partial charge in [0.1, 0.15) is 0 Å². The van der Waals surface area contributed by atoms with Crippen LogP contribution >= 0.6 is 0 Å². The third-order valence-electron chi connectivity index (χ3n) is 3.54. The fourth-order valence-electron chi connectivity index (χ4n) is 2.84. The molecule has 0 radical (unpaired) electrons. The van der Waals surface area contributed by atoms with Crippen molar-refractivity contribution in [1.82, 2.24) is 9.88 Å². The quantitative estimate of drug-likeness (QED) is 0.851. The van der Waals surface area contributed by atoms with E-state index in [1.807, 2.05) is 17.7 Å². The van der Waals surface area contributed by atoms with Crippen LogP contribution in [0.25, 0.3) is 10.9 Å². The highest BCUT2D eigenvalue weighted by molar-refractivity contribution is 5.84. The topological polar surface area (TPSA) is 34.0 Å². The number of para-hydroxylation sites is 1. The van der Waals surface area contributed by atoms with Crippen molar-refractivity contribution in [2.45, 2.75) is 25.9 Å². The zero-order chi connectivity index (χ0) is 12.0. The van der Waals surface area contributed by atoms with Crippen LogP contribution in [0.1, 0.15) is 24.1 Å². The van der Waals surface area contributed by atoms with E-state index in [4.69, 9.17) is 0 Å². The SMILES string of the molecule is CNCc1cc2cccc3c2n(c1=O)C(C)C3. The normalized spacial score (nSPS) is 17.9. The standard InChI is InChI=1S/C14H16N2O/c1-9-6-10-4-3-5-11-7-12(8-15-2)14(17)16(9)13(10)11/h3-5,7,9,15H,6,8H2,1-2H3. The van der Waals surface area contributed by atoms with Crippen LogP contribution in [0.15, 0.2) is 29.1 Å². The van der Waals surface area contributed by atoms with Crippen LogP contribution in [-0.4, -0.2) is 11.6 Å². The van der Waals surface area contributed by atoms with Gasteiger partial charge in [-0.25, -0.2) is 0 Å². The summed E-state index contributed by atoms with van der Waals surface area (Å²) in [5.74, 6) is 0. The van der Waals surface area contributed by atoms with Gasteiger partial charge in [0.25, 0.3) is 5.56 Å². The maximum atomic E-state index is 12.4. The van der Waals surface area contributed by atoms with Gasteiger partial charge in [-0.2, -0.15) is 0 Å². The molecule has 0 saturated heterocycles. The first-order valence-electron chi connectivity index (χ1n) is 6.03. The first-order chi connectivity index (χ1) is 8.22. The second kappa shape index (κ2) is 3.70. The molecule has 0 bridgehead atoms. The molecule has 0 saturated carbocycles. The first kappa shape index (κ1) is 10.5. The molecule has 0 amide bonds. The van der Waals surface area contributed by atoms with Gasteiger partial charge in [-0.3, -0.25) is 4.79 Å². The van der Waals surface area contributed by atoms with Crippen LogP contribution in [-0.2, 0) is 13.0 Å². The Morgan fingerprint density at radius 3 is 3.06 bits per heavy atom. The van der Waals surface area contributed by atoms with Crippen LogP contribution in [0, 0.1) is 0 Å². The monoisotopic (exact) mass is 228 g/mol. The van der Waals surface area contributed by atoms with Gasteiger partial charge in [0, 0.05) is 18.2 Å². The average Bonchev–Trinajstić information content (AvgIpc) is 2.64. The number of hydrogen-bond acceptors (Lipinski definition) is 2. The maximum absolute atomic E-state index is 12.4. The highest BCUT2D eigenvalue weighted by atomic mass is 16.1. The number of hydrogen-bond donors (Lipinski definition) is 1. The van der Waals surface area contributed by atoms with Crippen LogP contribution in [0.2, 0.25) is 0 Å². The van der Waals surface area contributed by atoms with Crippen LogP contribution in [0.3, 0.4) is 0 Å². The average molecular weight is 228 g/mol. The fraction of sp³-hybridized carbons (Fsp3) is 0.357. The zero-order valence-electron chi connectivity index (χ0n) is 10.2. The van der Waals surface area contributed by atoms with Crippen molar-refractivity contribution in [3.63, 3.8) is 0 Å². The number of rotatable bonds is 2. The first-order valence-corrected chi connectivity index (χ1v) is 6.03. The highest BCUT2D eigenvalue weighted by Gasteiger charge is 2.22. The molecule has 3 nitrogen and oxygen atoms in total. The number of benzene rings is 1. The van der Waals surface area contributed by atoms with Gasteiger partial charge in [0.05, 0.1) is 5.52 Å². The predicted octanol–water partition coefficient (Wildman–Crippen LogP) is 1.84. The Bertz CT molecular complexity index is 642. The molecule has 1 atom stereocenters. The lowest BCUT2D eigenvalue weighted by Crippen LogP contribution is -2.26. The summed E-state index contributed by atoms with van der Waals surface area (Å²) in [7, 11) is 1.87. The molecule has 1 aliphatic rings. The maximum Gasteiger partial charge on any atom is 0.255 e. The van der Waals surface area contributed by atoms with Crippen molar-refractivity contribution >= 4 is 10.9 Å². The molecule has 1 unspecified atom stereocenters. The summed E-state index contributed by atoms with van der Waals surface area (Å²) in [6.07, 6.45) is 0.968. The van der Waals surface area contributed by atoms with Gasteiger partial charge >= 0.3 is 0 Å². The molecule has 1 aromatic carbocycles. The molecular formula is C14H16N2O. The Morgan fingerprint density at radius 2 is 2.29 bits per heavy atom. The highest BCUT2D eigenvalue weighted by Crippen LogP contribution is 2.30. The van der Waals surface area contributed by atoms with Gasteiger partial charge in [0.15, 0.2) is 0 Å². The second-order valence-corrected chi connectivity index (χ2v) is 4.78. The molecule has 3 heteroatoms. The molecule has 2 aromatic rings. The lowest BCUT2D eigenvalue weighted by Gasteiger charge is -2.11. The summed E-state index contributed by atoms with van der Waals surface area (Å²) in [5.41, 5.74) is 3.43. The van der Waals surface area contributed by atoms with Gasteiger partial charge in [-0.05, 0) is 37.4 Å². The van der Waals surface area contributed by atoms with Crippen molar-refractivity contribution < 1.29 is 0 Å². The number of aromatic nitrogens is 1. The van der Waals surface area contributed by atoms with Gasteiger partial charge in [-0.15, -0.1) is 0 Å². The van der Waals surface area contributed by atoms with E-state index >= 15 is 0 Å². The molecule has 0 aliphatic carbocycles. The number of nitrogens with zero attached hydrogens (tertiary/aromatic N) is 1. The second-order valence-electron chi connectivity index (χ2n) is 4.78. The minimum atomic E-state index is 0.157. The third-order valence-corrected chi connectivity index (χ3v) is 3.54. The lowest BCUT2D eigenvalue weighted by molar-refractivity contribution is 0.573. The van der Waals surface area contributed by atoms with Crippen molar-refractivity contribution in [3.8, 4) is 0 Å². The molecule has 1 N–H and O–H groups in total. The van der Waals surface area contributed by atoms with Gasteiger partial charge in [-0.1, -0.05) is 18.2 Å². The summed E-state index contributed by atoms with van der Waals surface area (Å²) in [5, 5.41) is 4.24. The Kier molecular flexibility index (Phi) is 2.30. The van der Waals surface area contributed by atoms with Crippen molar-refractivity contribution in [3.05, 3.63) is 45.7 Å². The van der Waals surface area contributed by atoms with Crippen molar-refractivity contribution in [1.29, 1.82) is 0 Å². The van der Waals surface area contributed by atoms with E-state index in [9.17, 15) is 4.79 Å². The molecule has 0 spiro atoms. The van der Waals surface area contributed by atoms with Gasteiger partial charge in [0.2, 0.25) is 0 Å². The van der Waals surface area contributed by atoms with Gasteiger partial charge < -0.3 is 9.88 Å². The molecular weight excluding hydrogens is 212 g/mol. The molecule has 88 valence electrons. The molecule has 17 heavy (non-hydrogen) atoms. The van der Waals surface area contributed by atoms with E-state index in [1.54, 1.807) is 0 Å². The Labute approximate surface area is 100 Å². The number of nitrogens with one attached hydrogen (secondary N) is 1. The Balaban J connectivity index is 2.40. The van der Waals surface area contributed by atoms with Crippen molar-refractivity contribution in [2.24, 2.45) is 0 Å². The smallest absolute Gasteiger partial charge is 0.255 e. The third kappa shape index (κ3) is 1.42. The van der Waals surface area contributed by atoms with Crippen LogP contribution < -0.4 is 10.9 Å². The largest absolute Gasteiger partial charge is 0.315 e. The summed E-state index contributed by atoms with van der Waals surface area (Å²) < 4.78 is 1.96. The molecule has 1 aromatic heterocycles. The number of pyridine rings is 1. The summed E-state index contributed by atoms with van der Waals surface area (Å²) in [6.45, 7) is 2.75. The summed E-state index contributed by atoms with van der Waals surface area (Å²) >= 11 is 0. The van der Waals surface area contributed by atoms with E-state index in [0.717, 1.165) is 17.5 Å². The lowest BCUT2D eigenvalue weighted by atomic mass is 10.1. The Hall–Kier alpha value is -1.61. The molecule has 2 heterocycles. The van der Waals surface area contributed by atoms with Crippen LogP contribution in [0.4, 0.5) is 0 Å².